The molecule has 78 valence electrons. The summed E-state index contributed by atoms with van der Waals surface area (Å²) in [5, 5.41) is 0. The molecule has 2 heteroatoms. The summed E-state index contributed by atoms with van der Waals surface area (Å²) in [4.78, 5) is 2.32. The predicted octanol–water partition coefficient (Wildman–Crippen LogP) is 2.81. The molecule has 0 amide bonds. The molecule has 0 fully saturated rings. The lowest BCUT2D eigenvalue weighted by molar-refractivity contribution is 0.792. The van der Waals surface area contributed by atoms with Crippen molar-refractivity contribution in [2.24, 2.45) is 0 Å². The lowest BCUT2D eigenvalue weighted by Crippen LogP contribution is -2.24. The van der Waals surface area contributed by atoms with Crippen molar-refractivity contribution in [2.75, 3.05) is 23.7 Å². The summed E-state index contributed by atoms with van der Waals surface area (Å²) in [6.07, 6.45) is 1.15. The fourth-order valence-electron chi connectivity index (χ4n) is 1.65. The highest BCUT2D eigenvalue weighted by atomic mass is 15.1. The zero-order valence-corrected chi connectivity index (χ0v) is 9.38. The minimum Gasteiger partial charge on any atom is -0.397 e. The van der Waals surface area contributed by atoms with Crippen LogP contribution in [-0.2, 0) is 0 Å². The topological polar surface area (TPSA) is 29.3 Å². The molecule has 0 radical (unpaired) electrons. The lowest BCUT2D eigenvalue weighted by Gasteiger charge is -2.24. The summed E-state index contributed by atoms with van der Waals surface area (Å²) in [7, 11) is 0. The van der Waals surface area contributed by atoms with Crippen LogP contribution < -0.4 is 10.6 Å². The molecular formula is C12H20N2. The van der Waals surface area contributed by atoms with E-state index in [2.05, 4.69) is 37.8 Å². The van der Waals surface area contributed by atoms with Gasteiger partial charge in [-0.1, -0.05) is 13.0 Å². The summed E-state index contributed by atoms with van der Waals surface area (Å²) < 4.78 is 0. The average Bonchev–Trinajstić information content (AvgIpc) is 2.18. The monoisotopic (exact) mass is 192 g/mol. The number of nitrogens with two attached hydrogens (primary N) is 1. The predicted molar refractivity (Wildman–Crippen MR) is 63.8 cm³/mol. The summed E-state index contributed by atoms with van der Waals surface area (Å²) >= 11 is 0. The number of nitrogen functional groups attached to an aromatic ring is 1. The molecule has 0 aliphatic heterocycles. The molecule has 2 nitrogen and oxygen atoms in total. The lowest BCUT2D eigenvalue weighted by atomic mass is 10.1. The van der Waals surface area contributed by atoms with Crippen LogP contribution in [0.2, 0.25) is 0 Å². The SMILES string of the molecule is CCCN(CC)c1cc(C)ccc1N. The molecule has 0 saturated heterocycles. The first kappa shape index (κ1) is 10.9. The van der Waals surface area contributed by atoms with E-state index < -0.39 is 0 Å². The Labute approximate surface area is 86.7 Å². The number of aryl methyl sites for hydroxylation is 1. The maximum atomic E-state index is 5.95. The molecule has 0 heterocycles. The molecule has 1 aromatic carbocycles. The Morgan fingerprint density at radius 3 is 2.57 bits per heavy atom. The Morgan fingerprint density at radius 2 is 2.00 bits per heavy atom. The maximum absolute atomic E-state index is 5.95. The fraction of sp³-hybridized carbons (Fsp3) is 0.500. The number of hydrogen-bond donors (Lipinski definition) is 1. The van der Waals surface area contributed by atoms with Crippen LogP contribution in [0.15, 0.2) is 18.2 Å². The van der Waals surface area contributed by atoms with Crippen molar-refractivity contribution in [2.45, 2.75) is 27.2 Å². The summed E-state index contributed by atoms with van der Waals surface area (Å²) in [6.45, 7) is 8.54. The molecule has 1 rings (SSSR count). The summed E-state index contributed by atoms with van der Waals surface area (Å²) in [6, 6.07) is 6.20. The van der Waals surface area contributed by atoms with Gasteiger partial charge in [0, 0.05) is 13.1 Å². The first-order chi connectivity index (χ1) is 6.69. The smallest absolute Gasteiger partial charge is 0.0602 e. The largest absolute Gasteiger partial charge is 0.397 e. The van der Waals surface area contributed by atoms with E-state index in [-0.39, 0.29) is 0 Å². The van der Waals surface area contributed by atoms with Crippen LogP contribution >= 0.6 is 0 Å². The van der Waals surface area contributed by atoms with E-state index in [9.17, 15) is 0 Å². The van der Waals surface area contributed by atoms with Gasteiger partial charge in [-0.2, -0.15) is 0 Å². The van der Waals surface area contributed by atoms with Crippen LogP contribution in [0, 0.1) is 6.92 Å². The van der Waals surface area contributed by atoms with Gasteiger partial charge in [0.2, 0.25) is 0 Å². The van der Waals surface area contributed by atoms with Crippen molar-refractivity contribution in [1.82, 2.24) is 0 Å². The zero-order valence-electron chi connectivity index (χ0n) is 9.38. The van der Waals surface area contributed by atoms with E-state index in [1.807, 2.05) is 6.07 Å². The molecule has 0 atom stereocenters. The molecule has 0 aliphatic rings. The molecule has 0 saturated carbocycles. The van der Waals surface area contributed by atoms with E-state index in [1.165, 1.54) is 11.3 Å². The van der Waals surface area contributed by atoms with Gasteiger partial charge in [-0.15, -0.1) is 0 Å². The molecular weight excluding hydrogens is 172 g/mol. The van der Waals surface area contributed by atoms with Gasteiger partial charge in [-0.25, -0.2) is 0 Å². The van der Waals surface area contributed by atoms with Crippen molar-refractivity contribution in [3.8, 4) is 0 Å². The molecule has 0 aliphatic carbocycles. The van der Waals surface area contributed by atoms with Crippen LogP contribution in [-0.4, -0.2) is 13.1 Å². The van der Waals surface area contributed by atoms with E-state index >= 15 is 0 Å². The van der Waals surface area contributed by atoms with Gasteiger partial charge in [0.25, 0.3) is 0 Å². The van der Waals surface area contributed by atoms with E-state index in [1.54, 1.807) is 0 Å². The number of benzene rings is 1. The second-order valence-electron chi connectivity index (χ2n) is 3.64. The number of hydrogen-bond acceptors (Lipinski definition) is 2. The highest BCUT2D eigenvalue weighted by molar-refractivity contribution is 5.68. The van der Waals surface area contributed by atoms with Gasteiger partial charge >= 0.3 is 0 Å². The van der Waals surface area contributed by atoms with Crippen LogP contribution in [0.5, 0.6) is 0 Å². The van der Waals surface area contributed by atoms with Crippen LogP contribution in [0.1, 0.15) is 25.8 Å². The minimum absolute atomic E-state index is 0.880. The van der Waals surface area contributed by atoms with E-state index in [0.717, 1.165) is 25.2 Å². The summed E-state index contributed by atoms with van der Waals surface area (Å²) in [5.41, 5.74) is 9.28. The van der Waals surface area contributed by atoms with Gasteiger partial charge in [0.05, 0.1) is 11.4 Å². The molecule has 2 N–H and O–H groups in total. The minimum atomic E-state index is 0.880. The number of rotatable bonds is 4. The average molecular weight is 192 g/mol. The molecule has 0 spiro atoms. The van der Waals surface area contributed by atoms with Crippen LogP contribution in [0.3, 0.4) is 0 Å². The van der Waals surface area contributed by atoms with Gasteiger partial charge in [0.1, 0.15) is 0 Å². The van der Waals surface area contributed by atoms with Crippen LogP contribution in [0.4, 0.5) is 11.4 Å². The first-order valence-electron chi connectivity index (χ1n) is 5.30. The quantitative estimate of drug-likeness (QED) is 0.743. The van der Waals surface area contributed by atoms with Crippen LogP contribution in [0.25, 0.3) is 0 Å². The third kappa shape index (κ3) is 2.41. The van der Waals surface area contributed by atoms with Crippen molar-refractivity contribution < 1.29 is 0 Å². The Hall–Kier alpha value is -1.18. The van der Waals surface area contributed by atoms with Gasteiger partial charge in [0.15, 0.2) is 0 Å². The zero-order chi connectivity index (χ0) is 10.6. The standard InChI is InChI=1S/C12H20N2/c1-4-8-14(5-2)12-9-10(3)6-7-11(12)13/h6-7,9H,4-5,8,13H2,1-3H3. The number of nitrogens with zero attached hydrogens (tertiary/aromatic N) is 1. The second kappa shape index (κ2) is 4.89. The van der Waals surface area contributed by atoms with Gasteiger partial charge in [-0.3, -0.25) is 0 Å². The van der Waals surface area contributed by atoms with Crippen molar-refractivity contribution in [3.63, 3.8) is 0 Å². The van der Waals surface area contributed by atoms with Crippen molar-refractivity contribution >= 4 is 11.4 Å². The molecule has 0 aromatic heterocycles. The first-order valence-corrected chi connectivity index (χ1v) is 5.30. The Balaban J connectivity index is 2.96. The highest BCUT2D eigenvalue weighted by Crippen LogP contribution is 2.24. The fourth-order valence-corrected chi connectivity index (χ4v) is 1.65. The van der Waals surface area contributed by atoms with Gasteiger partial charge < -0.3 is 10.6 Å². The highest BCUT2D eigenvalue weighted by Gasteiger charge is 2.06. The Bertz CT molecular complexity index is 294. The Kier molecular flexibility index (Phi) is 3.81. The maximum Gasteiger partial charge on any atom is 0.0602 e. The number of anilines is 2. The Morgan fingerprint density at radius 1 is 1.29 bits per heavy atom. The normalized spacial score (nSPS) is 10.2. The van der Waals surface area contributed by atoms with Gasteiger partial charge in [-0.05, 0) is 38.0 Å². The third-order valence-corrected chi connectivity index (χ3v) is 2.40. The third-order valence-electron chi connectivity index (χ3n) is 2.40. The molecule has 0 bridgehead atoms. The van der Waals surface area contributed by atoms with Crippen molar-refractivity contribution in [1.29, 1.82) is 0 Å². The van der Waals surface area contributed by atoms with E-state index in [0.29, 0.717) is 0 Å². The second-order valence-corrected chi connectivity index (χ2v) is 3.64. The van der Waals surface area contributed by atoms with E-state index in [4.69, 9.17) is 5.73 Å². The van der Waals surface area contributed by atoms with Crippen molar-refractivity contribution in [3.05, 3.63) is 23.8 Å². The summed E-state index contributed by atoms with van der Waals surface area (Å²) in [5.74, 6) is 0. The molecule has 0 unspecified atom stereocenters. The molecule has 1 aromatic rings. The molecule has 14 heavy (non-hydrogen) atoms.